The molecule has 23 heavy (non-hydrogen) atoms. The van der Waals surface area contributed by atoms with E-state index in [9.17, 15) is 4.79 Å². The molecule has 6 nitrogen and oxygen atoms in total. The molecule has 3 aromatic heterocycles. The maximum absolute atomic E-state index is 12.3. The van der Waals surface area contributed by atoms with Gasteiger partial charge in [-0.2, -0.15) is 11.8 Å². The molecular weight excluding hydrogens is 352 g/mol. The Morgan fingerprint density at radius 2 is 2.13 bits per heavy atom. The van der Waals surface area contributed by atoms with Crippen LogP contribution in [0, 0.1) is 13.8 Å². The number of nitrogens with one attached hydrogen (secondary N) is 1. The lowest BCUT2D eigenvalue weighted by molar-refractivity contribution is 0.426. The molecule has 0 fully saturated rings. The van der Waals surface area contributed by atoms with Crippen molar-refractivity contribution in [2.75, 3.05) is 6.26 Å². The molecule has 0 saturated heterocycles. The monoisotopic (exact) mass is 368 g/mol. The van der Waals surface area contributed by atoms with Crippen LogP contribution in [-0.2, 0) is 5.75 Å². The summed E-state index contributed by atoms with van der Waals surface area (Å²) in [6.07, 6.45) is 1.98. The van der Waals surface area contributed by atoms with Crippen LogP contribution in [0.4, 0.5) is 0 Å². The summed E-state index contributed by atoms with van der Waals surface area (Å²) in [6.45, 7) is 5.92. The van der Waals surface area contributed by atoms with E-state index >= 15 is 0 Å². The zero-order chi connectivity index (χ0) is 16.6. The summed E-state index contributed by atoms with van der Waals surface area (Å²) in [4.78, 5) is 21.7. The molecule has 1 atom stereocenters. The van der Waals surface area contributed by atoms with Crippen LogP contribution in [0.1, 0.15) is 34.3 Å². The van der Waals surface area contributed by atoms with Gasteiger partial charge in [0, 0.05) is 4.88 Å². The first-order valence-corrected chi connectivity index (χ1v) is 10.1. The maximum Gasteiger partial charge on any atom is 0.277 e. The Bertz CT molecular complexity index is 899. The highest BCUT2D eigenvalue weighted by molar-refractivity contribution is 7.99. The third kappa shape index (κ3) is 3.31. The highest BCUT2D eigenvalue weighted by Crippen LogP contribution is 2.33. The molecule has 0 amide bonds. The van der Waals surface area contributed by atoms with Crippen molar-refractivity contribution in [1.29, 1.82) is 0 Å². The summed E-state index contributed by atoms with van der Waals surface area (Å²) in [7, 11) is 0. The second kappa shape index (κ2) is 6.66. The molecule has 3 heterocycles. The van der Waals surface area contributed by atoms with Crippen molar-refractivity contribution >= 4 is 45.1 Å². The van der Waals surface area contributed by atoms with Crippen molar-refractivity contribution in [3.05, 3.63) is 32.5 Å². The molecule has 122 valence electrons. The van der Waals surface area contributed by atoms with E-state index in [1.54, 1.807) is 23.1 Å². The number of fused-ring (bicyclic) bond motifs is 1. The van der Waals surface area contributed by atoms with Gasteiger partial charge in [0.15, 0.2) is 0 Å². The van der Waals surface area contributed by atoms with Gasteiger partial charge in [0.25, 0.3) is 10.8 Å². The minimum atomic E-state index is -0.0899. The number of nitrogens with zero attached hydrogens (tertiary/aromatic N) is 3. The van der Waals surface area contributed by atoms with E-state index in [4.69, 9.17) is 4.42 Å². The molecule has 0 radical (unpaired) electrons. The molecule has 0 bridgehead atoms. The molecule has 0 aliphatic carbocycles. The van der Waals surface area contributed by atoms with Gasteiger partial charge >= 0.3 is 0 Å². The molecule has 1 unspecified atom stereocenters. The third-order valence-corrected chi connectivity index (χ3v) is 6.02. The fourth-order valence-corrected chi connectivity index (χ4v) is 4.30. The van der Waals surface area contributed by atoms with Crippen LogP contribution in [0.3, 0.4) is 0 Å². The van der Waals surface area contributed by atoms with Crippen molar-refractivity contribution in [3.63, 3.8) is 0 Å². The summed E-state index contributed by atoms with van der Waals surface area (Å²) < 4.78 is 5.56. The highest BCUT2D eigenvalue weighted by atomic mass is 32.2. The molecule has 0 spiro atoms. The number of aryl methyl sites for hydroxylation is 2. The zero-order valence-electron chi connectivity index (χ0n) is 13.2. The number of H-pyrrole nitrogens is 1. The number of thioether (sulfide) groups is 2. The number of hydrogen-bond donors (Lipinski definition) is 1. The lowest BCUT2D eigenvalue weighted by atomic mass is 10.2. The van der Waals surface area contributed by atoms with E-state index in [0.717, 1.165) is 15.3 Å². The fraction of sp³-hybridized carbons (Fsp3) is 0.429. The van der Waals surface area contributed by atoms with Crippen molar-refractivity contribution in [1.82, 2.24) is 20.2 Å². The van der Waals surface area contributed by atoms with E-state index in [2.05, 4.69) is 20.2 Å². The van der Waals surface area contributed by atoms with Crippen molar-refractivity contribution in [3.8, 4) is 0 Å². The Morgan fingerprint density at radius 1 is 1.35 bits per heavy atom. The third-order valence-electron chi connectivity index (χ3n) is 3.44. The van der Waals surface area contributed by atoms with Crippen molar-refractivity contribution < 1.29 is 4.42 Å². The quantitative estimate of drug-likeness (QED) is 0.687. The molecule has 1 N–H and O–H groups in total. The maximum atomic E-state index is 12.3. The number of hydrogen-bond acceptors (Lipinski definition) is 8. The molecular formula is C14H16N4O2S3. The molecule has 3 rings (SSSR count). The summed E-state index contributed by atoms with van der Waals surface area (Å²) in [5, 5.41) is 9.10. The smallest absolute Gasteiger partial charge is 0.277 e. The van der Waals surface area contributed by atoms with Crippen LogP contribution in [0.15, 0.2) is 14.4 Å². The van der Waals surface area contributed by atoms with Gasteiger partial charge in [-0.15, -0.1) is 21.5 Å². The lowest BCUT2D eigenvalue weighted by Crippen LogP contribution is -2.12. The van der Waals surface area contributed by atoms with Crippen molar-refractivity contribution in [2.45, 2.75) is 37.0 Å². The SMILES string of the molecule is CSCc1nnc(SC(C)c2nc3sc(C)c(C)c3c(=O)[nH]2)o1. The van der Waals surface area contributed by atoms with Crippen LogP contribution < -0.4 is 5.56 Å². The second-order valence-electron chi connectivity index (χ2n) is 5.07. The molecule has 0 saturated carbocycles. The zero-order valence-corrected chi connectivity index (χ0v) is 15.6. The van der Waals surface area contributed by atoms with E-state index in [-0.39, 0.29) is 10.8 Å². The normalized spacial score (nSPS) is 12.9. The summed E-state index contributed by atoms with van der Waals surface area (Å²) in [5.41, 5.74) is 0.914. The molecule has 0 aromatic carbocycles. The minimum Gasteiger partial charge on any atom is -0.415 e. The second-order valence-corrected chi connectivity index (χ2v) is 8.43. The summed E-state index contributed by atoms with van der Waals surface area (Å²) >= 11 is 4.57. The van der Waals surface area contributed by atoms with Gasteiger partial charge in [0.1, 0.15) is 10.7 Å². The Kier molecular flexibility index (Phi) is 4.79. The van der Waals surface area contributed by atoms with Gasteiger partial charge < -0.3 is 9.40 Å². The summed E-state index contributed by atoms with van der Waals surface area (Å²) in [6, 6.07) is 0. The number of aromatic amines is 1. The largest absolute Gasteiger partial charge is 0.415 e. The predicted molar refractivity (Wildman–Crippen MR) is 95.5 cm³/mol. The number of rotatable bonds is 5. The molecule has 0 aliphatic rings. The van der Waals surface area contributed by atoms with Gasteiger partial charge in [-0.05, 0) is 32.6 Å². The van der Waals surface area contributed by atoms with Crippen molar-refractivity contribution in [2.24, 2.45) is 0 Å². The first-order valence-electron chi connectivity index (χ1n) is 6.97. The van der Waals surface area contributed by atoms with Gasteiger partial charge in [-0.3, -0.25) is 4.79 Å². The van der Waals surface area contributed by atoms with E-state index in [1.807, 2.05) is 27.0 Å². The Hall–Kier alpha value is -1.32. The lowest BCUT2D eigenvalue weighted by Gasteiger charge is -2.07. The van der Waals surface area contributed by atoms with Crippen LogP contribution in [0.25, 0.3) is 10.2 Å². The standard InChI is InChI=1S/C14H16N4O2S3/c1-6-7(2)22-13-10(6)12(19)15-11(16-13)8(3)23-14-18-17-9(20-14)5-21-4/h8H,5H2,1-4H3,(H,15,16,19). The topological polar surface area (TPSA) is 84.7 Å². The molecule has 3 aromatic rings. The average molecular weight is 369 g/mol. The molecule has 9 heteroatoms. The van der Waals surface area contributed by atoms with Crippen LogP contribution in [-0.4, -0.2) is 26.4 Å². The van der Waals surface area contributed by atoms with Gasteiger partial charge in [-0.1, -0.05) is 11.8 Å². The number of thiophene rings is 1. The summed E-state index contributed by atoms with van der Waals surface area (Å²) in [5.74, 6) is 1.92. The van der Waals surface area contributed by atoms with Gasteiger partial charge in [0.2, 0.25) is 5.89 Å². The van der Waals surface area contributed by atoms with Crippen LogP contribution in [0.2, 0.25) is 0 Å². The first kappa shape index (κ1) is 16.5. The predicted octanol–water partition coefficient (Wildman–Crippen LogP) is 3.70. The molecule has 0 aliphatic heterocycles. The number of aromatic nitrogens is 4. The Morgan fingerprint density at radius 3 is 2.87 bits per heavy atom. The van der Waals surface area contributed by atoms with E-state index in [0.29, 0.717) is 28.1 Å². The Labute approximate surface area is 145 Å². The van der Waals surface area contributed by atoms with Crippen LogP contribution in [0.5, 0.6) is 0 Å². The Balaban J connectivity index is 1.88. The first-order chi connectivity index (χ1) is 11.0. The van der Waals surface area contributed by atoms with E-state index in [1.165, 1.54) is 11.8 Å². The van der Waals surface area contributed by atoms with Gasteiger partial charge in [0.05, 0.1) is 16.4 Å². The average Bonchev–Trinajstić information content (AvgIpc) is 3.05. The minimum absolute atomic E-state index is 0.0857. The fourth-order valence-electron chi connectivity index (χ4n) is 2.14. The van der Waals surface area contributed by atoms with E-state index < -0.39 is 0 Å². The highest BCUT2D eigenvalue weighted by Gasteiger charge is 2.18. The van der Waals surface area contributed by atoms with Gasteiger partial charge in [-0.25, -0.2) is 4.98 Å². The van der Waals surface area contributed by atoms with Crippen LogP contribution >= 0.6 is 34.9 Å².